The summed E-state index contributed by atoms with van der Waals surface area (Å²) in [5.74, 6) is 0. The van der Waals surface area contributed by atoms with E-state index >= 15 is 0 Å². The summed E-state index contributed by atoms with van der Waals surface area (Å²) in [6, 6.07) is 34.4. The van der Waals surface area contributed by atoms with E-state index in [1.807, 2.05) is 31.2 Å². The molecule has 0 amide bonds. The fraction of sp³-hybridized carbons (Fsp3) is 0.118. The maximum absolute atomic E-state index is 9.84. The molecular formula is C34H24N4. The van der Waals surface area contributed by atoms with Crippen LogP contribution in [0.5, 0.6) is 0 Å². The van der Waals surface area contributed by atoms with Gasteiger partial charge >= 0.3 is 0 Å². The predicted molar refractivity (Wildman–Crippen MR) is 154 cm³/mol. The Morgan fingerprint density at radius 1 is 0.737 bits per heavy atom. The van der Waals surface area contributed by atoms with Crippen molar-refractivity contribution < 1.29 is 0 Å². The molecule has 4 nitrogen and oxygen atoms in total. The summed E-state index contributed by atoms with van der Waals surface area (Å²) in [6.07, 6.45) is 4.69. The minimum absolute atomic E-state index is 0.572. The molecule has 0 aliphatic heterocycles. The molecule has 2 heterocycles. The van der Waals surface area contributed by atoms with Crippen LogP contribution in [0.25, 0.3) is 50.2 Å². The molecule has 7 rings (SSSR count). The minimum atomic E-state index is -0.572. The molecule has 4 heteroatoms. The van der Waals surface area contributed by atoms with Crippen LogP contribution in [-0.4, -0.2) is 9.13 Å². The van der Waals surface area contributed by atoms with Crippen LogP contribution in [0.3, 0.4) is 0 Å². The van der Waals surface area contributed by atoms with E-state index < -0.39 is 5.41 Å². The molecule has 2 aromatic heterocycles. The normalized spacial score (nSPS) is 16.5. The van der Waals surface area contributed by atoms with Crippen molar-refractivity contribution in [3.63, 3.8) is 0 Å². The first-order chi connectivity index (χ1) is 18.5. The van der Waals surface area contributed by atoms with Gasteiger partial charge in [0.1, 0.15) is 0 Å². The molecule has 0 fully saturated rings. The van der Waals surface area contributed by atoms with E-state index in [0.717, 1.165) is 33.5 Å². The predicted octanol–water partition coefficient (Wildman–Crippen LogP) is 8.01. The first kappa shape index (κ1) is 22.2. The monoisotopic (exact) mass is 488 g/mol. The van der Waals surface area contributed by atoms with Gasteiger partial charge in [0.05, 0.1) is 39.7 Å². The van der Waals surface area contributed by atoms with Crippen LogP contribution in [0.15, 0.2) is 91.0 Å². The fourth-order valence-corrected chi connectivity index (χ4v) is 5.99. The summed E-state index contributed by atoms with van der Waals surface area (Å²) in [5.41, 5.74) is 9.00. The highest BCUT2D eigenvalue weighted by molar-refractivity contribution is 6.09. The number of aryl methyl sites for hydroxylation is 1. The maximum atomic E-state index is 9.84. The summed E-state index contributed by atoms with van der Waals surface area (Å²) < 4.78 is 4.60. The van der Waals surface area contributed by atoms with Gasteiger partial charge in [-0.05, 0) is 86.5 Å². The smallest absolute Gasteiger partial charge is 0.0991 e. The summed E-state index contributed by atoms with van der Waals surface area (Å²) in [6.45, 7) is 4.10. The van der Waals surface area contributed by atoms with E-state index in [-0.39, 0.29) is 0 Å². The summed E-state index contributed by atoms with van der Waals surface area (Å²) in [4.78, 5) is 0. The van der Waals surface area contributed by atoms with E-state index in [0.29, 0.717) is 12.0 Å². The Morgan fingerprint density at radius 3 is 2.29 bits per heavy atom. The number of para-hydroxylation sites is 1. The highest BCUT2D eigenvalue weighted by Gasteiger charge is 2.30. The Kier molecular flexibility index (Phi) is 4.65. The zero-order chi connectivity index (χ0) is 26.0. The van der Waals surface area contributed by atoms with Gasteiger partial charge < -0.3 is 9.13 Å². The van der Waals surface area contributed by atoms with E-state index in [1.165, 1.54) is 27.4 Å². The Hall–Kier alpha value is -5.06. The highest BCUT2D eigenvalue weighted by Crippen LogP contribution is 2.40. The van der Waals surface area contributed by atoms with Gasteiger partial charge in [0.25, 0.3) is 0 Å². The number of hydrogen-bond donors (Lipinski definition) is 0. The number of allylic oxidation sites excluding steroid dienone is 1. The van der Waals surface area contributed by atoms with Gasteiger partial charge in [-0.15, -0.1) is 0 Å². The lowest BCUT2D eigenvalue weighted by atomic mass is 9.80. The average Bonchev–Trinajstić information content (AvgIpc) is 3.44. The lowest BCUT2D eigenvalue weighted by Gasteiger charge is -2.22. The van der Waals surface area contributed by atoms with E-state index in [1.54, 1.807) is 0 Å². The van der Waals surface area contributed by atoms with E-state index in [4.69, 9.17) is 0 Å². The number of nitriles is 2. The lowest BCUT2D eigenvalue weighted by Crippen LogP contribution is -2.18. The van der Waals surface area contributed by atoms with Crippen molar-refractivity contribution in [2.45, 2.75) is 20.3 Å². The van der Waals surface area contributed by atoms with E-state index in [9.17, 15) is 10.5 Å². The quantitative estimate of drug-likeness (QED) is 0.248. The van der Waals surface area contributed by atoms with Gasteiger partial charge in [-0.3, -0.25) is 0 Å². The molecular weight excluding hydrogens is 464 g/mol. The second-order valence-electron chi connectivity index (χ2n) is 10.5. The zero-order valence-electron chi connectivity index (χ0n) is 21.2. The van der Waals surface area contributed by atoms with Crippen molar-refractivity contribution in [2.24, 2.45) is 5.41 Å². The maximum Gasteiger partial charge on any atom is 0.0991 e. The molecule has 0 saturated carbocycles. The first-order valence-electron chi connectivity index (χ1n) is 12.8. The number of benzene rings is 4. The van der Waals surface area contributed by atoms with Gasteiger partial charge in [0, 0.05) is 33.2 Å². The second-order valence-corrected chi connectivity index (χ2v) is 10.5. The largest absolute Gasteiger partial charge is 0.310 e. The molecule has 1 unspecified atom stereocenters. The Morgan fingerprint density at radius 2 is 1.47 bits per heavy atom. The van der Waals surface area contributed by atoms with Crippen LogP contribution in [0, 0.1) is 35.0 Å². The summed E-state index contributed by atoms with van der Waals surface area (Å²) >= 11 is 0. The number of fused-ring (bicyclic) bond motifs is 6. The van der Waals surface area contributed by atoms with Crippen LogP contribution in [0.2, 0.25) is 0 Å². The first-order valence-corrected chi connectivity index (χ1v) is 12.8. The molecule has 6 aromatic rings. The second kappa shape index (κ2) is 7.97. The van der Waals surface area contributed by atoms with Crippen molar-refractivity contribution in [1.29, 1.82) is 10.5 Å². The number of aromatic nitrogens is 2. The van der Waals surface area contributed by atoms with Crippen LogP contribution < -0.4 is 0 Å². The fourth-order valence-electron chi connectivity index (χ4n) is 5.99. The molecule has 4 aromatic carbocycles. The molecule has 0 spiro atoms. The third-order valence-corrected chi connectivity index (χ3v) is 7.82. The van der Waals surface area contributed by atoms with Crippen molar-refractivity contribution in [2.75, 3.05) is 0 Å². The Bertz CT molecular complexity index is 2050. The number of rotatable bonds is 2. The van der Waals surface area contributed by atoms with Crippen molar-refractivity contribution >= 4 is 38.8 Å². The highest BCUT2D eigenvalue weighted by atomic mass is 15.0. The summed E-state index contributed by atoms with van der Waals surface area (Å²) in [7, 11) is 0. The van der Waals surface area contributed by atoms with Crippen molar-refractivity contribution in [3.8, 4) is 23.5 Å². The lowest BCUT2D eigenvalue weighted by molar-refractivity contribution is 0.562. The SMILES string of the molecule is Cc1ccc2c(c1)c1ccccc1n2-c1cccc(-n2c3c(c4cc(C#N)ccc42)CC(C)(C#N)C=C3)c1. The van der Waals surface area contributed by atoms with Crippen LogP contribution >= 0.6 is 0 Å². The van der Waals surface area contributed by atoms with Gasteiger partial charge in [-0.25, -0.2) is 0 Å². The van der Waals surface area contributed by atoms with Crippen molar-refractivity contribution in [3.05, 3.63) is 113 Å². The van der Waals surface area contributed by atoms with Crippen LogP contribution in [-0.2, 0) is 6.42 Å². The Balaban J connectivity index is 1.50. The molecule has 1 aliphatic carbocycles. The third-order valence-electron chi connectivity index (χ3n) is 7.82. The summed E-state index contributed by atoms with van der Waals surface area (Å²) in [5, 5.41) is 22.9. The van der Waals surface area contributed by atoms with Crippen molar-refractivity contribution in [1.82, 2.24) is 9.13 Å². The molecule has 38 heavy (non-hydrogen) atoms. The standard InChI is InChI=1S/C34H24N4/c1-22-10-12-31-27(16-22)26-8-3-4-9-30(26)37(31)24-6-5-7-25(18-24)38-32-13-11-23(20-35)17-28(32)29-19-34(2,21-36)15-14-33(29)38/h3-18H,19H2,1-2H3. The van der Waals surface area contributed by atoms with Gasteiger partial charge in [0.15, 0.2) is 0 Å². The average molecular weight is 489 g/mol. The molecule has 180 valence electrons. The molecule has 0 bridgehead atoms. The number of nitrogens with zero attached hydrogens (tertiary/aromatic N) is 4. The molecule has 0 N–H and O–H groups in total. The molecule has 0 saturated heterocycles. The minimum Gasteiger partial charge on any atom is -0.310 e. The molecule has 0 radical (unpaired) electrons. The van der Waals surface area contributed by atoms with Gasteiger partial charge in [-0.2, -0.15) is 10.5 Å². The molecule has 1 aliphatic rings. The van der Waals surface area contributed by atoms with Gasteiger partial charge in [0.2, 0.25) is 0 Å². The molecule has 1 atom stereocenters. The van der Waals surface area contributed by atoms with E-state index in [2.05, 4.69) is 101 Å². The van der Waals surface area contributed by atoms with Crippen LogP contribution in [0.4, 0.5) is 0 Å². The van der Waals surface area contributed by atoms with Gasteiger partial charge in [-0.1, -0.05) is 42.0 Å². The van der Waals surface area contributed by atoms with Crippen LogP contribution in [0.1, 0.15) is 29.3 Å². The number of hydrogen-bond acceptors (Lipinski definition) is 2. The third kappa shape index (κ3) is 3.14. The Labute approximate surface area is 220 Å². The zero-order valence-corrected chi connectivity index (χ0v) is 21.2. The topological polar surface area (TPSA) is 57.4 Å².